The van der Waals surface area contributed by atoms with Crippen LogP contribution < -0.4 is 5.73 Å². The number of hydrogen-bond acceptors (Lipinski definition) is 2. The first-order chi connectivity index (χ1) is 7.20. The van der Waals surface area contributed by atoms with Gasteiger partial charge in [0.2, 0.25) is 0 Å². The van der Waals surface area contributed by atoms with Gasteiger partial charge < -0.3 is 5.73 Å². The van der Waals surface area contributed by atoms with E-state index in [0.29, 0.717) is 11.3 Å². The summed E-state index contributed by atoms with van der Waals surface area (Å²) < 4.78 is 14.8. The number of halogens is 1. The summed E-state index contributed by atoms with van der Waals surface area (Å²) in [4.78, 5) is 0. The molecule has 1 aromatic heterocycles. The smallest absolute Gasteiger partial charge is 0.123 e. The van der Waals surface area contributed by atoms with E-state index in [0.717, 1.165) is 12.1 Å². The Bertz CT molecular complexity index is 476. The van der Waals surface area contributed by atoms with Gasteiger partial charge in [-0.1, -0.05) is 0 Å². The molecule has 0 aliphatic carbocycles. The Morgan fingerprint density at radius 2 is 2.27 bits per heavy atom. The Hall–Kier alpha value is -1.84. The maximum atomic E-state index is 13.0. The molecule has 2 aromatic rings. The molecule has 4 heteroatoms. The van der Waals surface area contributed by atoms with E-state index in [1.807, 2.05) is 13.1 Å². The van der Waals surface area contributed by atoms with Gasteiger partial charge in [-0.05, 0) is 25.1 Å². The first-order valence-corrected chi connectivity index (χ1v) is 4.78. The van der Waals surface area contributed by atoms with Crippen molar-refractivity contribution in [3.63, 3.8) is 0 Å². The monoisotopic (exact) mass is 205 g/mol. The summed E-state index contributed by atoms with van der Waals surface area (Å²) >= 11 is 0. The van der Waals surface area contributed by atoms with Crippen LogP contribution in [0.3, 0.4) is 0 Å². The van der Waals surface area contributed by atoms with E-state index in [1.54, 1.807) is 16.9 Å². The van der Waals surface area contributed by atoms with Crippen molar-refractivity contribution in [1.29, 1.82) is 0 Å². The summed E-state index contributed by atoms with van der Waals surface area (Å²) in [7, 11) is 0. The van der Waals surface area contributed by atoms with Crippen molar-refractivity contribution in [3.8, 4) is 11.1 Å². The number of hydrogen-bond donors (Lipinski definition) is 1. The first-order valence-electron chi connectivity index (χ1n) is 4.78. The largest absolute Gasteiger partial charge is 0.398 e. The molecule has 78 valence electrons. The van der Waals surface area contributed by atoms with Crippen LogP contribution >= 0.6 is 0 Å². The van der Waals surface area contributed by atoms with Crippen LogP contribution in [-0.2, 0) is 6.54 Å². The fourth-order valence-electron chi connectivity index (χ4n) is 1.45. The normalized spacial score (nSPS) is 10.5. The number of benzene rings is 1. The van der Waals surface area contributed by atoms with Crippen molar-refractivity contribution in [1.82, 2.24) is 9.78 Å². The number of nitrogens with two attached hydrogens (primary N) is 1. The highest BCUT2D eigenvalue weighted by molar-refractivity contribution is 5.75. The predicted molar refractivity (Wildman–Crippen MR) is 57.7 cm³/mol. The van der Waals surface area contributed by atoms with Crippen molar-refractivity contribution in [2.24, 2.45) is 0 Å². The third-order valence-electron chi connectivity index (χ3n) is 2.28. The molecule has 0 fully saturated rings. The van der Waals surface area contributed by atoms with Crippen LogP contribution in [0.4, 0.5) is 10.1 Å². The highest BCUT2D eigenvalue weighted by Crippen LogP contribution is 2.25. The van der Waals surface area contributed by atoms with E-state index in [4.69, 9.17) is 5.73 Å². The Kier molecular flexibility index (Phi) is 2.41. The Balaban J connectivity index is 2.48. The zero-order valence-corrected chi connectivity index (χ0v) is 8.44. The fraction of sp³-hybridized carbons (Fsp3) is 0.182. The third kappa shape index (κ3) is 1.83. The lowest BCUT2D eigenvalue weighted by Crippen LogP contribution is -1.92. The van der Waals surface area contributed by atoms with Gasteiger partial charge in [0.15, 0.2) is 0 Å². The van der Waals surface area contributed by atoms with Crippen LogP contribution in [0.2, 0.25) is 0 Å². The van der Waals surface area contributed by atoms with Gasteiger partial charge >= 0.3 is 0 Å². The number of nitrogens with zero attached hydrogens (tertiary/aromatic N) is 2. The van der Waals surface area contributed by atoms with Crippen LogP contribution in [0, 0.1) is 5.82 Å². The summed E-state index contributed by atoms with van der Waals surface area (Å²) in [6.45, 7) is 2.78. The maximum Gasteiger partial charge on any atom is 0.123 e. The molecule has 3 nitrogen and oxygen atoms in total. The Morgan fingerprint density at radius 1 is 1.47 bits per heavy atom. The molecule has 0 spiro atoms. The van der Waals surface area contributed by atoms with Crippen LogP contribution in [0.5, 0.6) is 0 Å². The van der Waals surface area contributed by atoms with E-state index in [2.05, 4.69) is 5.10 Å². The molecule has 2 N–H and O–H groups in total. The summed E-state index contributed by atoms with van der Waals surface area (Å²) in [5.41, 5.74) is 7.86. The molecule has 0 radical (unpaired) electrons. The molecule has 0 aliphatic heterocycles. The first kappa shape index (κ1) is 9.71. The number of nitrogen functional groups attached to an aromatic ring is 1. The zero-order valence-electron chi connectivity index (χ0n) is 8.44. The summed E-state index contributed by atoms with van der Waals surface area (Å²) in [6.07, 6.45) is 3.54. The van der Waals surface area contributed by atoms with Gasteiger partial charge in [0.1, 0.15) is 5.82 Å². The van der Waals surface area contributed by atoms with Gasteiger partial charge in [0.25, 0.3) is 0 Å². The van der Waals surface area contributed by atoms with Crippen LogP contribution in [-0.4, -0.2) is 9.78 Å². The topological polar surface area (TPSA) is 43.8 Å². The van der Waals surface area contributed by atoms with E-state index in [-0.39, 0.29) is 5.82 Å². The SMILES string of the molecule is CCn1cc(-c2cc(F)ccc2N)cn1. The third-order valence-corrected chi connectivity index (χ3v) is 2.28. The van der Waals surface area contributed by atoms with Crippen molar-refractivity contribution in [2.75, 3.05) is 5.73 Å². The minimum absolute atomic E-state index is 0.288. The second-order valence-electron chi connectivity index (χ2n) is 3.32. The number of aryl methyl sites for hydroxylation is 1. The fourth-order valence-corrected chi connectivity index (χ4v) is 1.45. The van der Waals surface area contributed by atoms with E-state index < -0.39 is 0 Å². The van der Waals surface area contributed by atoms with Gasteiger partial charge in [0, 0.05) is 29.6 Å². The molecule has 15 heavy (non-hydrogen) atoms. The molecule has 1 aromatic carbocycles. The molecule has 0 amide bonds. The Morgan fingerprint density at radius 3 is 2.93 bits per heavy atom. The van der Waals surface area contributed by atoms with Crippen molar-refractivity contribution in [3.05, 3.63) is 36.4 Å². The second-order valence-corrected chi connectivity index (χ2v) is 3.32. The Labute approximate surface area is 87.3 Å². The number of rotatable bonds is 2. The van der Waals surface area contributed by atoms with Crippen molar-refractivity contribution in [2.45, 2.75) is 13.5 Å². The van der Waals surface area contributed by atoms with Gasteiger partial charge in [-0.15, -0.1) is 0 Å². The molecular weight excluding hydrogens is 193 g/mol. The lowest BCUT2D eigenvalue weighted by atomic mass is 10.1. The molecule has 0 saturated heterocycles. The van der Waals surface area contributed by atoms with Gasteiger partial charge in [-0.3, -0.25) is 4.68 Å². The molecule has 0 bridgehead atoms. The van der Waals surface area contributed by atoms with Crippen LogP contribution in [0.25, 0.3) is 11.1 Å². The van der Waals surface area contributed by atoms with E-state index in [9.17, 15) is 4.39 Å². The van der Waals surface area contributed by atoms with E-state index in [1.165, 1.54) is 12.1 Å². The van der Waals surface area contributed by atoms with Gasteiger partial charge in [-0.25, -0.2) is 4.39 Å². The van der Waals surface area contributed by atoms with Crippen LogP contribution in [0.1, 0.15) is 6.92 Å². The molecule has 2 rings (SSSR count). The standard InChI is InChI=1S/C11H12FN3/c1-2-15-7-8(6-14-15)10-5-9(12)3-4-11(10)13/h3-7H,2,13H2,1H3. The molecule has 0 unspecified atom stereocenters. The number of anilines is 1. The van der Waals surface area contributed by atoms with Gasteiger partial charge in [0.05, 0.1) is 6.20 Å². The number of aromatic nitrogens is 2. The molecule has 0 atom stereocenters. The maximum absolute atomic E-state index is 13.0. The molecule has 0 aliphatic rings. The van der Waals surface area contributed by atoms with E-state index >= 15 is 0 Å². The zero-order chi connectivity index (χ0) is 10.8. The van der Waals surface area contributed by atoms with Crippen molar-refractivity contribution < 1.29 is 4.39 Å². The second kappa shape index (κ2) is 3.73. The van der Waals surface area contributed by atoms with Gasteiger partial charge in [-0.2, -0.15) is 5.10 Å². The predicted octanol–water partition coefficient (Wildman–Crippen LogP) is 2.29. The average molecular weight is 205 g/mol. The minimum Gasteiger partial charge on any atom is -0.398 e. The molecule has 1 heterocycles. The van der Waals surface area contributed by atoms with Crippen LogP contribution in [0.15, 0.2) is 30.6 Å². The lowest BCUT2D eigenvalue weighted by molar-refractivity contribution is 0.628. The molecular formula is C11H12FN3. The van der Waals surface area contributed by atoms with Crippen molar-refractivity contribution >= 4 is 5.69 Å². The average Bonchev–Trinajstić information content (AvgIpc) is 2.70. The summed E-state index contributed by atoms with van der Waals surface area (Å²) in [5, 5.41) is 4.12. The minimum atomic E-state index is -0.288. The quantitative estimate of drug-likeness (QED) is 0.764. The molecule has 0 saturated carbocycles. The highest BCUT2D eigenvalue weighted by Gasteiger charge is 2.06. The lowest BCUT2D eigenvalue weighted by Gasteiger charge is -2.02. The highest BCUT2D eigenvalue weighted by atomic mass is 19.1. The summed E-state index contributed by atoms with van der Waals surface area (Å²) in [6, 6.07) is 4.34. The summed E-state index contributed by atoms with van der Waals surface area (Å²) in [5.74, 6) is -0.288.